The summed E-state index contributed by atoms with van der Waals surface area (Å²) >= 11 is 5.44. The van der Waals surface area contributed by atoms with Crippen molar-refractivity contribution < 1.29 is 18.0 Å². The van der Waals surface area contributed by atoms with Gasteiger partial charge in [-0.15, -0.1) is 11.6 Å². The van der Waals surface area contributed by atoms with E-state index in [-0.39, 0.29) is 24.5 Å². The van der Waals surface area contributed by atoms with Crippen molar-refractivity contribution in [1.82, 2.24) is 10.0 Å². The summed E-state index contributed by atoms with van der Waals surface area (Å²) in [5, 5.41) is 2.09. The molecule has 17 heavy (non-hydrogen) atoms. The molecule has 0 radical (unpaired) electrons. The van der Waals surface area contributed by atoms with Crippen molar-refractivity contribution >= 4 is 33.4 Å². The summed E-state index contributed by atoms with van der Waals surface area (Å²) in [5.74, 6) is -0.597. The fourth-order valence-electron chi connectivity index (χ4n) is 1.47. The van der Waals surface area contributed by atoms with E-state index in [9.17, 15) is 18.0 Å². The maximum atomic E-state index is 11.6. The summed E-state index contributed by atoms with van der Waals surface area (Å²) < 4.78 is 25.5. The van der Waals surface area contributed by atoms with Gasteiger partial charge in [0.1, 0.15) is 6.04 Å². The van der Waals surface area contributed by atoms with Gasteiger partial charge in [-0.1, -0.05) is 0 Å². The normalized spacial score (nSPS) is 21.4. The second-order valence-corrected chi connectivity index (χ2v) is 6.09. The smallest absolute Gasteiger partial charge is 0.244 e. The third-order valence-electron chi connectivity index (χ3n) is 2.36. The molecule has 1 aliphatic rings. The first-order valence-electron chi connectivity index (χ1n) is 5.34. The van der Waals surface area contributed by atoms with Gasteiger partial charge in [0.15, 0.2) is 0 Å². The Morgan fingerprint density at radius 3 is 2.65 bits per heavy atom. The van der Waals surface area contributed by atoms with E-state index in [1.807, 2.05) is 0 Å². The molecule has 1 unspecified atom stereocenters. The molecule has 8 heteroatoms. The average molecular weight is 283 g/mol. The Balaban J connectivity index is 2.47. The predicted molar refractivity (Wildman–Crippen MR) is 63.0 cm³/mol. The minimum absolute atomic E-state index is 0.0581. The monoisotopic (exact) mass is 282 g/mol. The number of sulfonamides is 1. The Labute approximate surface area is 105 Å². The summed E-state index contributed by atoms with van der Waals surface area (Å²) in [7, 11) is -3.48. The van der Waals surface area contributed by atoms with E-state index in [0.29, 0.717) is 18.7 Å². The lowest BCUT2D eigenvalue weighted by Crippen LogP contribution is -2.52. The average Bonchev–Trinajstić information content (AvgIpc) is 2.22. The van der Waals surface area contributed by atoms with Crippen LogP contribution in [-0.4, -0.2) is 37.9 Å². The van der Waals surface area contributed by atoms with E-state index in [4.69, 9.17) is 11.6 Å². The molecule has 1 aliphatic heterocycles. The largest absolute Gasteiger partial charge is 0.295 e. The SMILES string of the molecule is O=C1CCC(NS(=O)(=O)CCCCCl)C(=O)N1. The van der Waals surface area contributed by atoms with Gasteiger partial charge in [-0.25, -0.2) is 13.1 Å². The highest BCUT2D eigenvalue weighted by Gasteiger charge is 2.29. The summed E-state index contributed by atoms with van der Waals surface area (Å²) in [5.41, 5.74) is 0. The van der Waals surface area contributed by atoms with E-state index < -0.39 is 22.0 Å². The zero-order valence-electron chi connectivity index (χ0n) is 9.24. The first-order valence-corrected chi connectivity index (χ1v) is 7.53. The second-order valence-electron chi connectivity index (χ2n) is 3.84. The molecule has 1 saturated heterocycles. The molecule has 6 nitrogen and oxygen atoms in total. The Morgan fingerprint density at radius 2 is 2.06 bits per heavy atom. The zero-order valence-corrected chi connectivity index (χ0v) is 10.8. The number of piperidine rings is 1. The number of hydrogen-bond donors (Lipinski definition) is 2. The van der Waals surface area contributed by atoms with Crippen molar-refractivity contribution in [3.05, 3.63) is 0 Å². The Morgan fingerprint density at radius 1 is 1.35 bits per heavy atom. The van der Waals surface area contributed by atoms with Gasteiger partial charge in [-0.05, 0) is 19.3 Å². The molecule has 1 fully saturated rings. The van der Waals surface area contributed by atoms with Crippen molar-refractivity contribution in [3.63, 3.8) is 0 Å². The first kappa shape index (κ1) is 14.4. The molecule has 0 aromatic carbocycles. The quantitative estimate of drug-likeness (QED) is 0.398. The van der Waals surface area contributed by atoms with E-state index >= 15 is 0 Å². The van der Waals surface area contributed by atoms with Crippen LogP contribution in [0.2, 0.25) is 0 Å². The number of halogens is 1. The predicted octanol–water partition coefficient (Wildman–Crippen LogP) is -0.270. The van der Waals surface area contributed by atoms with E-state index in [1.165, 1.54) is 0 Å². The third-order valence-corrected chi connectivity index (χ3v) is 4.09. The summed E-state index contributed by atoms with van der Waals surface area (Å²) in [6.07, 6.45) is 1.42. The number of imide groups is 1. The molecule has 0 spiro atoms. The standard InChI is InChI=1S/C9H15ClN2O4S/c10-5-1-2-6-17(15,16)12-7-3-4-8(13)11-9(7)14/h7,12H,1-6H2,(H,11,13,14). The molecular formula is C9H15ClN2O4S. The molecule has 0 bridgehead atoms. The number of alkyl halides is 1. The number of carbonyl (C=O) groups excluding carboxylic acids is 2. The van der Waals surface area contributed by atoms with Gasteiger partial charge < -0.3 is 0 Å². The van der Waals surface area contributed by atoms with Crippen LogP contribution in [0.4, 0.5) is 0 Å². The molecule has 0 saturated carbocycles. The molecule has 0 aromatic heterocycles. The number of hydrogen-bond acceptors (Lipinski definition) is 4. The molecule has 0 aromatic rings. The van der Waals surface area contributed by atoms with E-state index in [1.54, 1.807) is 0 Å². The highest BCUT2D eigenvalue weighted by atomic mass is 35.5. The van der Waals surface area contributed by atoms with Crippen LogP contribution in [0, 0.1) is 0 Å². The number of nitrogens with one attached hydrogen (secondary N) is 2. The van der Waals surface area contributed by atoms with Crippen LogP contribution >= 0.6 is 11.6 Å². The molecule has 1 rings (SSSR count). The molecule has 2 N–H and O–H groups in total. The molecular weight excluding hydrogens is 268 g/mol. The number of unbranched alkanes of at least 4 members (excludes halogenated alkanes) is 1. The van der Waals surface area contributed by atoms with Gasteiger partial charge in [0, 0.05) is 12.3 Å². The van der Waals surface area contributed by atoms with Crippen molar-refractivity contribution in [3.8, 4) is 0 Å². The van der Waals surface area contributed by atoms with Crippen LogP contribution in [0.25, 0.3) is 0 Å². The van der Waals surface area contributed by atoms with Crippen molar-refractivity contribution in [2.24, 2.45) is 0 Å². The topological polar surface area (TPSA) is 92.3 Å². The summed E-state index contributed by atoms with van der Waals surface area (Å²) in [4.78, 5) is 22.2. The third kappa shape index (κ3) is 5.01. The first-order chi connectivity index (χ1) is 7.94. The number of carbonyl (C=O) groups is 2. The highest BCUT2D eigenvalue weighted by Crippen LogP contribution is 2.06. The summed E-state index contributed by atoms with van der Waals surface area (Å²) in [6.45, 7) is 0. The van der Waals surface area contributed by atoms with Gasteiger partial charge >= 0.3 is 0 Å². The number of rotatable bonds is 6. The van der Waals surface area contributed by atoms with Gasteiger partial charge in [-0.3, -0.25) is 14.9 Å². The fourth-order valence-corrected chi connectivity index (χ4v) is 3.02. The minimum Gasteiger partial charge on any atom is -0.295 e. The van der Waals surface area contributed by atoms with Gasteiger partial charge in [-0.2, -0.15) is 0 Å². The lowest BCUT2D eigenvalue weighted by atomic mass is 10.1. The maximum Gasteiger partial charge on any atom is 0.244 e. The molecule has 0 aliphatic carbocycles. The Bertz CT molecular complexity index is 396. The van der Waals surface area contributed by atoms with Crippen molar-refractivity contribution in [1.29, 1.82) is 0 Å². The summed E-state index contributed by atoms with van der Waals surface area (Å²) in [6, 6.07) is -0.839. The molecule has 1 heterocycles. The lowest BCUT2D eigenvalue weighted by molar-refractivity contribution is -0.134. The minimum atomic E-state index is -3.48. The van der Waals surface area contributed by atoms with E-state index in [0.717, 1.165) is 0 Å². The zero-order chi connectivity index (χ0) is 12.9. The number of amides is 2. The lowest BCUT2D eigenvalue weighted by Gasteiger charge is -2.21. The van der Waals surface area contributed by atoms with Crippen LogP contribution in [0.1, 0.15) is 25.7 Å². The van der Waals surface area contributed by atoms with Crippen LogP contribution in [0.3, 0.4) is 0 Å². The Hall–Kier alpha value is -0.660. The van der Waals surface area contributed by atoms with Crippen LogP contribution in [-0.2, 0) is 19.6 Å². The van der Waals surface area contributed by atoms with Crippen molar-refractivity contribution in [2.45, 2.75) is 31.7 Å². The van der Waals surface area contributed by atoms with Gasteiger partial charge in [0.2, 0.25) is 21.8 Å². The Kier molecular flexibility index (Phi) is 5.35. The maximum absolute atomic E-state index is 11.6. The van der Waals surface area contributed by atoms with E-state index in [2.05, 4.69) is 10.0 Å². The second kappa shape index (κ2) is 6.32. The highest BCUT2D eigenvalue weighted by molar-refractivity contribution is 7.89. The van der Waals surface area contributed by atoms with Crippen molar-refractivity contribution in [2.75, 3.05) is 11.6 Å². The van der Waals surface area contributed by atoms with Crippen LogP contribution in [0.15, 0.2) is 0 Å². The van der Waals surface area contributed by atoms with Gasteiger partial charge in [0.05, 0.1) is 5.75 Å². The molecule has 2 amide bonds. The molecule has 98 valence electrons. The molecule has 1 atom stereocenters. The van der Waals surface area contributed by atoms with Crippen LogP contribution < -0.4 is 10.0 Å². The van der Waals surface area contributed by atoms with Crippen LogP contribution in [0.5, 0.6) is 0 Å². The fraction of sp³-hybridized carbons (Fsp3) is 0.778. The van der Waals surface area contributed by atoms with Gasteiger partial charge in [0.25, 0.3) is 0 Å².